The molecule has 0 saturated carbocycles. The number of H-pyrrole nitrogens is 2. The van der Waals surface area contributed by atoms with Crippen LogP contribution in [-0.4, -0.2) is 35.0 Å². The summed E-state index contributed by atoms with van der Waals surface area (Å²) in [4.78, 5) is 0. The molecule has 2 rings (SSSR count). The molecular weight excluding hydrogens is 180 g/mol. The third-order valence-corrected chi connectivity index (χ3v) is 2.32. The molecule has 0 saturated heterocycles. The van der Waals surface area contributed by atoms with Gasteiger partial charge in [-0.15, -0.1) is 10.2 Å². The van der Waals surface area contributed by atoms with E-state index in [0.717, 1.165) is 0 Å². The lowest BCUT2D eigenvalue weighted by molar-refractivity contribution is 0.676. The molecule has 0 spiro atoms. The van der Waals surface area contributed by atoms with Crippen LogP contribution in [0.4, 0.5) is 0 Å². The van der Waals surface area contributed by atoms with Crippen molar-refractivity contribution in [3.8, 4) is 0 Å². The summed E-state index contributed by atoms with van der Waals surface area (Å²) in [5.41, 5.74) is 0. The van der Waals surface area contributed by atoms with Crippen molar-refractivity contribution in [2.45, 2.75) is 10.1 Å². The van der Waals surface area contributed by atoms with Crippen molar-refractivity contribution in [2.24, 2.45) is 0 Å². The summed E-state index contributed by atoms with van der Waals surface area (Å²) in [7, 11) is -1.39. The van der Waals surface area contributed by atoms with Crippen LogP contribution in [0, 0.1) is 0 Å². The van der Waals surface area contributed by atoms with Gasteiger partial charge in [0.1, 0.15) is 10.8 Å². The predicted octanol–water partition coefficient (Wildman–Crippen LogP) is -0.911. The van der Waals surface area contributed by atoms with Crippen molar-refractivity contribution in [3.63, 3.8) is 0 Å². The van der Waals surface area contributed by atoms with Crippen LogP contribution in [0.3, 0.4) is 0 Å². The molecule has 0 fully saturated rings. The monoisotopic (exact) mass is 184 g/mol. The van der Waals surface area contributed by atoms with E-state index in [9.17, 15) is 4.21 Å². The Morgan fingerprint density at radius 1 is 1.08 bits per heavy atom. The molecule has 0 amide bonds. The van der Waals surface area contributed by atoms with E-state index in [4.69, 9.17) is 0 Å². The molecular formula is C4H4N6OS. The van der Waals surface area contributed by atoms with Gasteiger partial charge in [-0.2, -0.15) is 20.6 Å². The second kappa shape index (κ2) is 2.81. The Kier molecular flexibility index (Phi) is 1.67. The van der Waals surface area contributed by atoms with Gasteiger partial charge in [0, 0.05) is 0 Å². The molecule has 0 aromatic carbocycles. The van der Waals surface area contributed by atoms with Crippen molar-refractivity contribution < 1.29 is 4.21 Å². The highest BCUT2D eigenvalue weighted by molar-refractivity contribution is 7.84. The van der Waals surface area contributed by atoms with E-state index in [-0.39, 0.29) is 0 Å². The van der Waals surface area contributed by atoms with Gasteiger partial charge in [-0.25, -0.2) is 4.21 Å². The summed E-state index contributed by atoms with van der Waals surface area (Å²) in [6, 6.07) is 0. The largest absolute Gasteiger partial charge is 0.246 e. The Morgan fingerprint density at radius 2 is 1.58 bits per heavy atom. The number of rotatable bonds is 2. The van der Waals surface area contributed by atoms with Crippen LogP contribution >= 0.6 is 0 Å². The molecule has 2 aromatic rings. The Balaban J connectivity index is 2.34. The average Bonchev–Trinajstić information content (AvgIpc) is 2.77. The maximum atomic E-state index is 11.4. The SMILES string of the molecule is O=S(c1cn[nH]n1)c1cn[nH]n1. The van der Waals surface area contributed by atoms with Gasteiger partial charge in [-0.1, -0.05) is 0 Å². The van der Waals surface area contributed by atoms with Gasteiger partial charge in [0.05, 0.1) is 12.4 Å². The predicted molar refractivity (Wildman–Crippen MR) is 37.4 cm³/mol. The molecule has 0 aliphatic rings. The topological polar surface area (TPSA) is 100 Å². The summed E-state index contributed by atoms with van der Waals surface area (Å²) in [5, 5.41) is 19.8. The van der Waals surface area contributed by atoms with Gasteiger partial charge in [0.2, 0.25) is 0 Å². The zero-order valence-corrected chi connectivity index (χ0v) is 6.58. The van der Waals surface area contributed by atoms with Crippen LogP contribution in [-0.2, 0) is 10.8 Å². The summed E-state index contributed by atoms with van der Waals surface area (Å²) in [5.74, 6) is 0. The molecule has 2 N–H and O–H groups in total. The number of hydrogen-bond donors (Lipinski definition) is 2. The molecule has 12 heavy (non-hydrogen) atoms. The van der Waals surface area contributed by atoms with E-state index in [1.807, 2.05) is 0 Å². The van der Waals surface area contributed by atoms with Crippen LogP contribution in [0.15, 0.2) is 22.4 Å². The summed E-state index contributed by atoms with van der Waals surface area (Å²) < 4.78 is 11.4. The minimum absolute atomic E-state index is 0.337. The first kappa shape index (κ1) is 7.10. The lowest BCUT2D eigenvalue weighted by Gasteiger charge is -1.87. The lowest BCUT2D eigenvalue weighted by Crippen LogP contribution is -1.93. The van der Waals surface area contributed by atoms with Crippen LogP contribution in [0.1, 0.15) is 0 Å². The van der Waals surface area contributed by atoms with E-state index in [2.05, 4.69) is 30.8 Å². The second-order valence-corrected chi connectivity index (χ2v) is 3.26. The zero-order valence-electron chi connectivity index (χ0n) is 5.76. The fourth-order valence-corrected chi connectivity index (χ4v) is 1.43. The number of aromatic amines is 2. The maximum Gasteiger partial charge on any atom is 0.175 e. The van der Waals surface area contributed by atoms with E-state index >= 15 is 0 Å². The van der Waals surface area contributed by atoms with Crippen molar-refractivity contribution in [2.75, 3.05) is 0 Å². The van der Waals surface area contributed by atoms with Gasteiger partial charge >= 0.3 is 0 Å². The Morgan fingerprint density at radius 3 is 1.92 bits per heavy atom. The first-order chi connectivity index (χ1) is 5.88. The highest BCUT2D eigenvalue weighted by Gasteiger charge is 2.11. The minimum atomic E-state index is -1.39. The maximum absolute atomic E-state index is 11.4. The first-order valence-electron chi connectivity index (χ1n) is 3.01. The zero-order chi connectivity index (χ0) is 8.39. The third kappa shape index (κ3) is 1.11. The van der Waals surface area contributed by atoms with Crippen LogP contribution < -0.4 is 0 Å². The number of nitrogens with one attached hydrogen (secondary N) is 2. The van der Waals surface area contributed by atoms with E-state index in [1.54, 1.807) is 0 Å². The van der Waals surface area contributed by atoms with Crippen molar-refractivity contribution in [3.05, 3.63) is 12.4 Å². The highest BCUT2D eigenvalue weighted by atomic mass is 32.2. The molecule has 0 aliphatic carbocycles. The summed E-state index contributed by atoms with van der Waals surface area (Å²) in [6.07, 6.45) is 2.76. The molecule has 2 heterocycles. The number of hydrogen-bond acceptors (Lipinski definition) is 5. The molecule has 2 aromatic heterocycles. The Hall–Kier alpha value is -1.57. The van der Waals surface area contributed by atoms with Crippen molar-refractivity contribution in [1.29, 1.82) is 0 Å². The molecule has 0 unspecified atom stereocenters. The van der Waals surface area contributed by atoms with Crippen LogP contribution in [0.2, 0.25) is 0 Å². The molecule has 0 bridgehead atoms. The van der Waals surface area contributed by atoms with E-state index in [1.165, 1.54) is 12.4 Å². The summed E-state index contributed by atoms with van der Waals surface area (Å²) in [6.45, 7) is 0. The van der Waals surface area contributed by atoms with E-state index in [0.29, 0.717) is 10.1 Å². The van der Waals surface area contributed by atoms with Crippen molar-refractivity contribution in [1.82, 2.24) is 30.8 Å². The molecule has 8 heteroatoms. The molecule has 0 atom stereocenters. The van der Waals surface area contributed by atoms with Gasteiger partial charge in [0.15, 0.2) is 10.1 Å². The Labute approximate surface area is 69.0 Å². The van der Waals surface area contributed by atoms with Crippen LogP contribution in [0.25, 0.3) is 0 Å². The summed E-state index contributed by atoms with van der Waals surface area (Å²) >= 11 is 0. The quantitative estimate of drug-likeness (QED) is 0.629. The lowest BCUT2D eigenvalue weighted by atomic mass is 10.9. The molecule has 0 radical (unpaired) electrons. The fraction of sp³-hybridized carbons (Fsp3) is 0. The van der Waals surface area contributed by atoms with Gasteiger partial charge < -0.3 is 0 Å². The standard InChI is InChI=1S/C4H4N6OS/c11-12(3-1-5-9-7-3)4-2-6-10-8-4/h1-2H,(H,5,7,9)(H,6,8,10). The fourth-order valence-electron chi connectivity index (χ4n) is 0.668. The smallest absolute Gasteiger partial charge is 0.175 e. The van der Waals surface area contributed by atoms with Gasteiger partial charge in [0.25, 0.3) is 0 Å². The molecule has 0 aliphatic heterocycles. The van der Waals surface area contributed by atoms with Gasteiger partial charge in [-0.05, 0) is 0 Å². The average molecular weight is 184 g/mol. The number of aromatic nitrogens is 6. The third-order valence-electron chi connectivity index (χ3n) is 1.17. The Bertz CT molecular complexity index is 330. The molecule has 7 nitrogen and oxygen atoms in total. The highest BCUT2D eigenvalue weighted by Crippen LogP contribution is 2.07. The normalized spacial score (nSPS) is 10.8. The second-order valence-electron chi connectivity index (χ2n) is 1.89. The van der Waals surface area contributed by atoms with E-state index < -0.39 is 10.8 Å². The number of nitrogens with zero attached hydrogens (tertiary/aromatic N) is 4. The van der Waals surface area contributed by atoms with Gasteiger partial charge in [-0.3, -0.25) is 0 Å². The molecule has 62 valence electrons. The van der Waals surface area contributed by atoms with Crippen molar-refractivity contribution >= 4 is 10.8 Å². The first-order valence-corrected chi connectivity index (χ1v) is 4.16. The minimum Gasteiger partial charge on any atom is -0.246 e. The van der Waals surface area contributed by atoms with Crippen LogP contribution in [0.5, 0.6) is 0 Å².